The number of hydrogen-bond acceptors (Lipinski definition) is 7. The van der Waals surface area contributed by atoms with Gasteiger partial charge in [0.2, 0.25) is 5.91 Å². The van der Waals surface area contributed by atoms with Gasteiger partial charge in [-0.15, -0.1) is 0 Å². The number of carbonyl (C=O) groups excluding carboxylic acids is 3. The van der Waals surface area contributed by atoms with E-state index in [9.17, 15) is 14.4 Å². The Kier molecular flexibility index (Phi) is 12.5. The lowest BCUT2D eigenvalue weighted by Crippen LogP contribution is -2.44. The molecule has 1 saturated carbocycles. The molecule has 258 valence electrons. The predicted octanol–water partition coefficient (Wildman–Crippen LogP) is 5.75. The minimum Gasteiger partial charge on any atom is -0.493 e. The Hall–Kier alpha value is -3.79. The Morgan fingerprint density at radius 3 is 2.28 bits per heavy atom. The average Bonchev–Trinajstić information content (AvgIpc) is 3.78. The second-order valence-electron chi connectivity index (χ2n) is 14.0. The second-order valence-corrected chi connectivity index (χ2v) is 14.0. The van der Waals surface area contributed by atoms with Crippen LogP contribution in [0.2, 0.25) is 0 Å². The molecule has 0 aromatic heterocycles. The summed E-state index contributed by atoms with van der Waals surface area (Å²) < 4.78 is 22.3. The third-order valence-corrected chi connectivity index (χ3v) is 8.78. The van der Waals surface area contributed by atoms with Crippen LogP contribution in [0.4, 0.5) is 4.79 Å². The average molecular weight is 652 g/mol. The van der Waals surface area contributed by atoms with Crippen LogP contribution in [-0.2, 0) is 14.3 Å². The van der Waals surface area contributed by atoms with Crippen molar-refractivity contribution in [1.82, 2.24) is 15.1 Å². The van der Waals surface area contributed by atoms with Crippen molar-refractivity contribution in [3.63, 3.8) is 0 Å². The van der Waals surface area contributed by atoms with Crippen LogP contribution in [0, 0.1) is 17.8 Å². The maximum atomic E-state index is 14.0. The molecule has 1 N–H and O–H groups in total. The number of hydrogen-bond donors (Lipinski definition) is 1. The number of ether oxygens (including phenoxy) is 4. The van der Waals surface area contributed by atoms with Crippen molar-refractivity contribution >= 4 is 17.9 Å². The summed E-state index contributed by atoms with van der Waals surface area (Å²) in [5, 5.41) is 3.23. The lowest BCUT2D eigenvalue weighted by Gasteiger charge is -2.32. The van der Waals surface area contributed by atoms with Crippen molar-refractivity contribution in [3.8, 4) is 11.5 Å². The van der Waals surface area contributed by atoms with Crippen molar-refractivity contribution in [1.29, 1.82) is 0 Å². The number of nitrogens with one attached hydrogen (secondary N) is 1. The third kappa shape index (κ3) is 10.1. The largest absolute Gasteiger partial charge is 0.493 e. The standard InChI is InChI=1S/C37H53N3O7/c1-25(2)40(35(42)28-16-17-31(45-7)32(20-28)46-19-11-18-44-6)24-30-23-39(36(43)47-37(3,4)5)22-29(30)21-38-34(41)33(27-14-15-27)26-12-9-8-10-13-26/h8-10,12-13,16-17,20,25,27,29-30,33H,11,14-15,18-19,21-24H2,1-7H3,(H,38,41)/t29-,30+,33?/m1/s1. The lowest BCUT2D eigenvalue weighted by molar-refractivity contribution is -0.123. The van der Waals surface area contributed by atoms with E-state index in [1.54, 1.807) is 37.3 Å². The van der Waals surface area contributed by atoms with Gasteiger partial charge in [0.1, 0.15) is 5.60 Å². The van der Waals surface area contributed by atoms with Crippen molar-refractivity contribution in [3.05, 3.63) is 59.7 Å². The third-order valence-electron chi connectivity index (χ3n) is 8.78. The Morgan fingerprint density at radius 2 is 1.66 bits per heavy atom. The molecular weight excluding hydrogens is 598 g/mol. The summed E-state index contributed by atoms with van der Waals surface area (Å²) in [7, 11) is 3.22. The molecule has 2 fully saturated rings. The highest BCUT2D eigenvalue weighted by Crippen LogP contribution is 2.43. The van der Waals surface area contributed by atoms with Gasteiger partial charge in [-0.05, 0) is 77.1 Å². The normalized spacial score (nSPS) is 18.5. The van der Waals surface area contributed by atoms with Crippen molar-refractivity contribution < 1.29 is 33.3 Å². The van der Waals surface area contributed by atoms with Gasteiger partial charge in [0, 0.05) is 69.8 Å². The summed E-state index contributed by atoms with van der Waals surface area (Å²) in [6, 6.07) is 15.1. The van der Waals surface area contributed by atoms with Crippen LogP contribution in [0.1, 0.15) is 75.7 Å². The summed E-state index contributed by atoms with van der Waals surface area (Å²) in [4.78, 5) is 44.4. The molecule has 10 heteroatoms. The minimum absolute atomic E-state index is 0.0150. The number of carbonyl (C=O) groups is 3. The molecule has 1 aliphatic carbocycles. The highest BCUT2D eigenvalue weighted by molar-refractivity contribution is 5.95. The van der Waals surface area contributed by atoms with E-state index < -0.39 is 5.60 Å². The van der Waals surface area contributed by atoms with Gasteiger partial charge in [0.15, 0.2) is 11.5 Å². The maximum absolute atomic E-state index is 14.0. The second kappa shape index (κ2) is 16.4. The van der Waals surface area contributed by atoms with Crippen molar-refractivity contribution in [2.75, 3.05) is 53.6 Å². The zero-order valence-electron chi connectivity index (χ0n) is 29.1. The Bertz CT molecular complexity index is 1340. The van der Waals surface area contributed by atoms with E-state index in [-0.39, 0.29) is 41.7 Å². The topological polar surface area (TPSA) is 107 Å². The molecule has 0 radical (unpaired) electrons. The van der Waals surface area contributed by atoms with Crippen LogP contribution < -0.4 is 14.8 Å². The van der Waals surface area contributed by atoms with E-state index >= 15 is 0 Å². The van der Waals surface area contributed by atoms with Gasteiger partial charge in [-0.25, -0.2) is 4.79 Å². The molecule has 1 saturated heterocycles. The summed E-state index contributed by atoms with van der Waals surface area (Å²) in [5.41, 5.74) is 0.885. The predicted molar refractivity (Wildman–Crippen MR) is 181 cm³/mol. The van der Waals surface area contributed by atoms with Gasteiger partial charge in [-0.3, -0.25) is 9.59 Å². The number of methoxy groups -OCH3 is 2. The molecule has 0 spiro atoms. The molecule has 1 heterocycles. The van der Waals surface area contributed by atoms with Gasteiger partial charge in [0.25, 0.3) is 5.91 Å². The smallest absolute Gasteiger partial charge is 0.410 e. The van der Waals surface area contributed by atoms with Gasteiger partial charge in [0.05, 0.1) is 19.6 Å². The zero-order chi connectivity index (χ0) is 34.1. The molecule has 2 aromatic carbocycles. The summed E-state index contributed by atoms with van der Waals surface area (Å²) >= 11 is 0. The Labute approximate surface area is 280 Å². The molecule has 47 heavy (non-hydrogen) atoms. The Morgan fingerprint density at radius 1 is 0.957 bits per heavy atom. The highest BCUT2D eigenvalue weighted by atomic mass is 16.6. The molecule has 3 atom stereocenters. The first kappa shape index (κ1) is 36.1. The van der Waals surface area contributed by atoms with Gasteiger partial charge >= 0.3 is 6.09 Å². The number of rotatable bonds is 15. The number of nitrogens with zero attached hydrogens (tertiary/aromatic N) is 2. The number of likely N-dealkylation sites (tertiary alicyclic amines) is 1. The molecule has 1 aliphatic heterocycles. The van der Waals surface area contributed by atoms with Gasteiger partial charge < -0.3 is 34.1 Å². The molecule has 3 amide bonds. The van der Waals surface area contributed by atoms with Crippen LogP contribution >= 0.6 is 0 Å². The molecule has 1 unspecified atom stereocenters. The minimum atomic E-state index is -0.635. The van der Waals surface area contributed by atoms with Gasteiger partial charge in [-0.1, -0.05) is 30.3 Å². The van der Waals surface area contributed by atoms with Crippen LogP contribution in [0.25, 0.3) is 0 Å². The quantitative estimate of drug-likeness (QED) is 0.244. The van der Waals surface area contributed by atoms with Crippen LogP contribution in [0.3, 0.4) is 0 Å². The highest BCUT2D eigenvalue weighted by Gasteiger charge is 2.41. The van der Waals surface area contributed by atoms with Crippen LogP contribution in [0.15, 0.2) is 48.5 Å². The molecule has 0 bridgehead atoms. The molecule has 2 aliphatic rings. The van der Waals surface area contributed by atoms with Crippen molar-refractivity contribution in [2.24, 2.45) is 17.8 Å². The fourth-order valence-electron chi connectivity index (χ4n) is 6.18. The van der Waals surface area contributed by atoms with Crippen molar-refractivity contribution in [2.45, 2.75) is 71.4 Å². The fraction of sp³-hybridized carbons (Fsp3) is 0.595. The van der Waals surface area contributed by atoms with E-state index in [0.717, 1.165) is 18.4 Å². The first-order chi connectivity index (χ1) is 22.4. The van der Waals surface area contributed by atoms with E-state index in [1.807, 2.05) is 69.9 Å². The fourth-order valence-corrected chi connectivity index (χ4v) is 6.18. The first-order valence-electron chi connectivity index (χ1n) is 16.8. The van der Waals surface area contributed by atoms with Gasteiger partial charge in [-0.2, -0.15) is 0 Å². The summed E-state index contributed by atoms with van der Waals surface area (Å²) in [5.74, 6) is 0.950. The van der Waals surface area contributed by atoms with E-state index in [2.05, 4.69) is 5.32 Å². The lowest BCUT2D eigenvalue weighted by atomic mass is 9.91. The van der Waals surface area contributed by atoms with E-state index in [0.29, 0.717) is 68.8 Å². The first-order valence-corrected chi connectivity index (χ1v) is 16.8. The maximum Gasteiger partial charge on any atom is 0.410 e. The van der Waals surface area contributed by atoms with E-state index in [1.165, 1.54) is 0 Å². The molecule has 4 rings (SSSR count). The molecule has 2 aromatic rings. The molecular formula is C37H53N3O7. The zero-order valence-corrected chi connectivity index (χ0v) is 29.1. The number of benzene rings is 2. The SMILES string of the molecule is COCCCOc1cc(C(=O)N(C[C@@H]2CN(C(=O)OC(C)(C)C)C[C@H]2CNC(=O)C(c2ccccc2)C2CC2)C(C)C)ccc1OC. The molecule has 10 nitrogen and oxygen atoms in total. The number of amides is 3. The summed E-state index contributed by atoms with van der Waals surface area (Å²) in [6.07, 6.45) is 2.41. The monoisotopic (exact) mass is 651 g/mol. The van der Waals surface area contributed by atoms with Crippen LogP contribution in [0.5, 0.6) is 11.5 Å². The van der Waals surface area contributed by atoms with Crippen LogP contribution in [-0.4, -0.2) is 93.0 Å². The Balaban J connectivity index is 1.52. The van der Waals surface area contributed by atoms with E-state index in [4.69, 9.17) is 18.9 Å². The summed E-state index contributed by atoms with van der Waals surface area (Å²) in [6.45, 7) is 12.2.